The molecule has 1 aliphatic rings. The largest absolute Gasteiger partial charge is 0.355 e. The molecule has 0 radical (unpaired) electrons. The van der Waals surface area contributed by atoms with Crippen LogP contribution in [0.15, 0.2) is 53.2 Å². The molecule has 1 aromatic heterocycles. The highest BCUT2D eigenvalue weighted by Crippen LogP contribution is 2.27. The lowest BCUT2D eigenvalue weighted by molar-refractivity contribution is 0.0953. The number of amides is 1. The minimum absolute atomic E-state index is 0.166. The lowest BCUT2D eigenvalue weighted by Crippen LogP contribution is -2.39. The molecule has 2 unspecified atom stereocenters. The van der Waals surface area contributed by atoms with Crippen LogP contribution in [0.2, 0.25) is 0 Å². The van der Waals surface area contributed by atoms with Gasteiger partial charge in [-0.3, -0.25) is 9.79 Å². The summed E-state index contributed by atoms with van der Waals surface area (Å²) in [6.45, 7) is 8.86. The first-order valence-electron chi connectivity index (χ1n) is 12.3. The van der Waals surface area contributed by atoms with Crippen molar-refractivity contribution in [3.63, 3.8) is 0 Å². The minimum atomic E-state index is -0.295. The number of nitrogens with zero attached hydrogens (tertiary/aromatic N) is 3. The van der Waals surface area contributed by atoms with Crippen LogP contribution in [0.1, 0.15) is 61.5 Å². The van der Waals surface area contributed by atoms with Gasteiger partial charge in [-0.15, -0.1) is 0 Å². The van der Waals surface area contributed by atoms with Gasteiger partial charge in [0.2, 0.25) is 0 Å². The van der Waals surface area contributed by atoms with E-state index in [1.165, 1.54) is 18.6 Å². The number of rotatable bonds is 7. The van der Waals surface area contributed by atoms with Crippen LogP contribution in [0.4, 0.5) is 10.2 Å². The van der Waals surface area contributed by atoms with Crippen LogP contribution in [0.25, 0.3) is 0 Å². The molecule has 0 bridgehead atoms. The summed E-state index contributed by atoms with van der Waals surface area (Å²) < 4.78 is 13.3. The Hall–Kier alpha value is -3.46. The molecule has 1 amide bonds. The smallest absolute Gasteiger partial charge is 0.252 e. The highest BCUT2D eigenvalue weighted by atomic mass is 19.1. The Morgan fingerprint density at radius 2 is 1.94 bits per heavy atom. The van der Waals surface area contributed by atoms with E-state index in [9.17, 15) is 9.18 Å². The predicted molar refractivity (Wildman–Crippen MR) is 142 cm³/mol. The van der Waals surface area contributed by atoms with E-state index in [4.69, 9.17) is 0 Å². The number of nitrogens with one attached hydrogen (secondary N) is 1. The highest BCUT2D eigenvalue weighted by Gasteiger charge is 2.24. The number of benzene rings is 1. The number of hydrogen-bond donors (Lipinski definition) is 1. The SMILES string of the molecule is C/C=C(\C=N/C)CCCNC(=O)c1cnc(N2CC(C)CC(C)C2)c(C#Cc2ccc(F)cc2)c1. The number of pyridine rings is 1. The molecule has 2 atom stereocenters. The topological polar surface area (TPSA) is 57.6 Å². The van der Waals surface area contributed by atoms with Crippen molar-refractivity contribution in [3.8, 4) is 11.8 Å². The van der Waals surface area contributed by atoms with Crippen LogP contribution < -0.4 is 10.2 Å². The van der Waals surface area contributed by atoms with Crippen LogP contribution in [0.5, 0.6) is 0 Å². The zero-order valence-electron chi connectivity index (χ0n) is 21.1. The maximum atomic E-state index is 13.3. The summed E-state index contributed by atoms with van der Waals surface area (Å²) in [5, 5.41) is 2.99. The quantitative estimate of drug-likeness (QED) is 0.338. The van der Waals surface area contributed by atoms with Crippen LogP contribution in [0.3, 0.4) is 0 Å². The van der Waals surface area contributed by atoms with Gasteiger partial charge in [0.15, 0.2) is 0 Å². The maximum Gasteiger partial charge on any atom is 0.252 e. The average Bonchev–Trinajstić information content (AvgIpc) is 2.84. The summed E-state index contributed by atoms with van der Waals surface area (Å²) in [4.78, 5) is 23.9. The number of carbonyl (C=O) groups is 1. The second-order valence-corrected chi connectivity index (χ2v) is 9.31. The number of aliphatic imine (C=N–C) groups is 1. The molecule has 0 spiro atoms. The van der Waals surface area contributed by atoms with Gasteiger partial charge in [-0.25, -0.2) is 9.37 Å². The van der Waals surface area contributed by atoms with E-state index in [1.807, 2.05) is 25.3 Å². The molecule has 0 aliphatic carbocycles. The summed E-state index contributed by atoms with van der Waals surface area (Å²) in [5.41, 5.74) is 3.05. The number of piperidine rings is 1. The van der Waals surface area contributed by atoms with Crippen molar-refractivity contribution < 1.29 is 9.18 Å². The molecular formula is C29H35FN4O. The fourth-order valence-corrected chi connectivity index (χ4v) is 4.48. The van der Waals surface area contributed by atoms with Crippen molar-refractivity contribution in [2.24, 2.45) is 16.8 Å². The van der Waals surface area contributed by atoms with Gasteiger partial charge in [0.1, 0.15) is 11.6 Å². The first-order valence-corrected chi connectivity index (χ1v) is 12.3. The molecule has 184 valence electrons. The number of anilines is 1. The second-order valence-electron chi connectivity index (χ2n) is 9.31. The minimum Gasteiger partial charge on any atom is -0.355 e. The van der Waals surface area contributed by atoms with Gasteiger partial charge in [-0.05, 0) is 73.9 Å². The van der Waals surface area contributed by atoms with Crippen LogP contribution in [-0.4, -0.2) is 43.8 Å². The summed E-state index contributed by atoms with van der Waals surface area (Å²) in [6, 6.07) is 7.91. The van der Waals surface area contributed by atoms with E-state index in [2.05, 4.69) is 45.9 Å². The Morgan fingerprint density at radius 1 is 1.23 bits per heavy atom. The Bertz CT molecular complexity index is 1120. The third-order valence-electron chi connectivity index (χ3n) is 6.08. The molecule has 6 heteroatoms. The monoisotopic (exact) mass is 474 g/mol. The number of hydrogen-bond acceptors (Lipinski definition) is 4. The standard InChI is InChI=1S/C29H35FN4O/c1-5-23(17-31-4)7-6-14-32-29(35)26-16-25(11-8-24-9-12-27(30)13-10-24)28(33-18-26)34-19-21(2)15-22(3)20-34/h5,9-10,12-13,16-18,21-22H,6-7,14-15,19-20H2,1-4H3,(H,32,35)/b23-5-,31-17-. The first kappa shape index (κ1) is 26.2. The van der Waals surface area contributed by atoms with E-state index < -0.39 is 0 Å². The first-order chi connectivity index (χ1) is 16.9. The molecule has 2 aromatic rings. The molecule has 1 aliphatic heterocycles. The van der Waals surface area contributed by atoms with Crippen molar-refractivity contribution in [2.45, 2.75) is 40.0 Å². The molecule has 1 N–H and O–H groups in total. The Morgan fingerprint density at radius 3 is 2.60 bits per heavy atom. The van der Waals surface area contributed by atoms with E-state index in [0.29, 0.717) is 35.1 Å². The van der Waals surface area contributed by atoms with Gasteiger partial charge < -0.3 is 10.2 Å². The van der Waals surface area contributed by atoms with Gasteiger partial charge in [-0.2, -0.15) is 0 Å². The Labute approximate surface area is 208 Å². The van der Waals surface area contributed by atoms with Gasteiger partial charge >= 0.3 is 0 Å². The Kier molecular flexibility index (Phi) is 9.60. The zero-order chi connectivity index (χ0) is 25.2. The molecule has 3 rings (SSSR count). The molecule has 1 fully saturated rings. The van der Waals surface area contributed by atoms with Crippen LogP contribution in [0, 0.1) is 29.5 Å². The molecular weight excluding hydrogens is 439 g/mol. The third-order valence-corrected chi connectivity index (χ3v) is 6.08. The van der Waals surface area contributed by atoms with Crippen molar-refractivity contribution in [1.29, 1.82) is 0 Å². The highest BCUT2D eigenvalue weighted by molar-refractivity contribution is 5.94. The van der Waals surface area contributed by atoms with Crippen LogP contribution >= 0.6 is 0 Å². The number of allylic oxidation sites excluding steroid dienone is 2. The molecule has 5 nitrogen and oxygen atoms in total. The molecule has 35 heavy (non-hydrogen) atoms. The van der Waals surface area contributed by atoms with Gasteiger partial charge in [0, 0.05) is 44.7 Å². The number of carbonyl (C=O) groups excluding carboxylic acids is 1. The molecule has 1 saturated heterocycles. The lowest BCUT2D eigenvalue weighted by atomic mass is 9.91. The van der Waals surface area contributed by atoms with Crippen molar-refractivity contribution in [2.75, 3.05) is 31.6 Å². The van der Waals surface area contributed by atoms with E-state index in [1.54, 1.807) is 25.4 Å². The number of aromatic nitrogens is 1. The van der Waals surface area contributed by atoms with E-state index in [0.717, 1.165) is 37.3 Å². The second kappa shape index (κ2) is 12.9. The predicted octanol–water partition coefficient (Wildman–Crippen LogP) is 5.26. The van der Waals surface area contributed by atoms with Gasteiger partial charge in [-0.1, -0.05) is 31.8 Å². The molecule has 0 saturated carbocycles. The van der Waals surface area contributed by atoms with E-state index in [-0.39, 0.29) is 11.7 Å². The lowest BCUT2D eigenvalue weighted by Gasteiger charge is -2.36. The normalized spacial score (nSPS) is 18.3. The summed E-state index contributed by atoms with van der Waals surface area (Å²) in [6.07, 6.45) is 8.38. The fraction of sp³-hybridized carbons (Fsp3) is 0.414. The summed E-state index contributed by atoms with van der Waals surface area (Å²) >= 11 is 0. The fourth-order valence-electron chi connectivity index (χ4n) is 4.48. The summed E-state index contributed by atoms with van der Waals surface area (Å²) in [7, 11) is 1.75. The van der Waals surface area contributed by atoms with Gasteiger partial charge in [0.25, 0.3) is 5.91 Å². The van der Waals surface area contributed by atoms with E-state index >= 15 is 0 Å². The number of halogens is 1. The molecule has 2 heterocycles. The van der Waals surface area contributed by atoms with Gasteiger partial charge in [0.05, 0.1) is 11.1 Å². The van der Waals surface area contributed by atoms with Crippen molar-refractivity contribution in [1.82, 2.24) is 10.3 Å². The third kappa shape index (κ3) is 7.78. The van der Waals surface area contributed by atoms with Crippen molar-refractivity contribution >= 4 is 17.9 Å². The van der Waals surface area contributed by atoms with Crippen LogP contribution in [-0.2, 0) is 0 Å². The zero-order valence-corrected chi connectivity index (χ0v) is 21.1. The Balaban J connectivity index is 1.80. The average molecular weight is 475 g/mol. The summed E-state index contributed by atoms with van der Waals surface area (Å²) in [5.74, 6) is 7.75. The van der Waals surface area contributed by atoms with Crippen molar-refractivity contribution in [3.05, 3.63) is 70.7 Å². The maximum absolute atomic E-state index is 13.3. The molecule has 1 aromatic carbocycles.